The summed E-state index contributed by atoms with van der Waals surface area (Å²) in [5.41, 5.74) is 1.44. The molecule has 1 atom stereocenters. The molecule has 1 fully saturated rings. The molecule has 1 aliphatic rings. The molecule has 2 heterocycles. The van der Waals surface area contributed by atoms with Crippen molar-refractivity contribution in [3.05, 3.63) is 47.4 Å². The van der Waals surface area contributed by atoms with E-state index in [1.165, 1.54) is 6.07 Å². The van der Waals surface area contributed by atoms with Gasteiger partial charge in [-0.3, -0.25) is 0 Å². The van der Waals surface area contributed by atoms with Crippen molar-refractivity contribution in [1.29, 1.82) is 0 Å². The van der Waals surface area contributed by atoms with E-state index in [1.54, 1.807) is 12.1 Å². The second-order valence-corrected chi connectivity index (χ2v) is 8.86. The lowest BCUT2D eigenvalue weighted by atomic mass is 10.1. The molecule has 6 nitrogen and oxygen atoms in total. The van der Waals surface area contributed by atoms with Gasteiger partial charge < -0.3 is 10.2 Å². The first kappa shape index (κ1) is 18.6. The van der Waals surface area contributed by atoms with Crippen LogP contribution in [0.1, 0.15) is 17.7 Å². The average molecular weight is 378 g/mol. The lowest BCUT2D eigenvalue weighted by Gasteiger charge is -2.24. The first-order valence-corrected chi connectivity index (χ1v) is 10.4. The average Bonchev–Trinajstić information content (AvgIpc) is 2.95. The Kier molecular flexibility index (Phi) is 5.41. The van der Waals surface area contributed by atoms with Crippen LogP contribution in [0, 0.1) is 12.7 Å². The molecule has 1 N–H and O–H groups in total. The van der Waals surface area contributed by atoms with Crippen LogP contribution >= 0.6 is 0 Å². The molecule has 140 valence electrons. The molecule has 0 radical (unpaired) electrons. The summed E-state index contributed by atoms with van der Waals surface area (Å²) in [6.07, 6.45) is 1.13. The highest BCUT2D eigenvalue weighted by atomic mass is 32.2. The van der Waals surface area contributed by atoms with Gasteiger partial charge in [0, 0.05) is 31.4 Å². The van der Waals surface area contributed by atoms with Gasteiger partial charge >= 0.3 is 0 Å². The normalized spacial score (nSPS) is 18.7. The van der Waals surface area contributed by atoms with Crippen LogP contribution in [-0.2, 0) is 16.3 Å². The first-order valence-electron chi connectivity index (χ1n) is 8.60. The lowest BCUT2D eigenvalue weighted by Crippen LogP contribution is -2.34. The summed E-state index contributed by atoms with van der Waals surface area (Å²) in [6.45, 7) is 2.41. The Morgan fingerprint density at radius 2 is 2.08 bits per heavy atom. The SMILES string of the molecule is Cc1cc(NCCc2ccccc2F)nc(N(C)C2CCS(=O)(=O)C2)n1. The standard InChI is InChI=1S/C18H23FN4O2S/c1-13-11-17(20-9-7-14-5-3-4-6-16(14)19)22-18(21-13)23(2)15-8-10-26(24,25)12-15/h3-6,11,15H,7-10,12H2,1-2H3,(H,20,21,22). The van der Waals surface area contributed by atoms with E-state index in [1.807, 2.05) is 31.0 Å². The molecule has 8 heteroatoms. The topological polar surface area (TPSA) is 75.2 Å². The van der Waals surface area contributed by atoms with Gasteiger partial charge in [-0.15, -0.1) is 0 Å². The highest BCUT2D eigenvalue weighted by Gasteiger charge is 2.31. The Morgan fingerprint density at radius 1 is 1.31 bits per heavy atom. The fourth-order valence-corrected chi connectivity index (χ4v) is 4.85. The van der Waals surface area contributed by atoms with Crippen molar-refractivity contribution >= 4 is 21.6 Å². The molecule has 0 saturated carbocycles. The van der Waals surface area contributed by atoms with Gasteiger partial charge in [0.2, 0.25) is 5.95 Å². The van der Waals surface area contributed by atoms with Crippen molar-refractivity contribution in [1.82, 2.24) is 9.97 Å². The minimum atomic E-state index is -2.97. The Bertz CT molecular complexity index is 889. The second-order valence-electron chi connectivity index (χ2n) is 6.63. The largest absolute Gasteiger partial charge is 0.370 e. The van der Waals surface area contributed by atoms with Crippen molar-refractivity contribution in [2.75, 3.05) is 35.3 Å². The van der Waals surface area contributed by atoms with E-state index in [4.69, 9.17) is 0 Å². The van der Waals surface area contributed by atoms with Gasteiger partial charge in [0.05, 0.1) is 11.5 Å². The van der Waals surface area contributed by atoms with Gasteiger partial charge in [-0.25, -0.2) is 17.8 Å². The van der Waals surface area contributed by atoms with Gasteiger partial charge in [0.15, 0.2) is 9.84 Å². The number of sulfone groups is 1. The molecule has 1 aromatic heterocycles. The number of hydrogen-bond acceptors (Lipinski definition) is 6. The van der Waals surface area contributed by atoms with Crippen LogP contribution in [0.4, 0.5) is 16.2 Å². The van der Waals surface area contributed by atoms with E-state index in [9.17, 15) is 12.8 Å². The lowest BCUT2D eigenvalue weighted by molar-refractivity contribution is 0.600. The van der Waals surface area contributed by atoms with E-state index in [-0.39, 0.29) is 23.4 Å². The summed E-state index contributed by atoms with van der Waals surface area (Å²) in [5.74, 6) is 1.28. The first-order chi connectivity index (χ1) is 12.3. The van der Waals surface area contributed by atoms with E-state index in [2.05, 4.69) is 15.3 Å². The predicted molar refractivity (Wildman–Crippen MR) is 101 cm³/mol. The zero-order valence-electron chi connectivity index (χ0n) is 14.9. The number of anilines is 2. The molecule has 0 spiro atoms. The van der Waals surface area contributed by atoms with E-state index in [0.29, 0.717) is 36.7 Å². The van der Waals surface area contributed by atoms with Crippen LogP contribution in [0.15, 0.2) is 30.3 Å². The van der Waals surface area contributed by atoms with Gasteiger partial charge in [0.1, 0.15) is 11.6 Å². The summed E-state index contributed by atoms with van der Waals surface area (Å²) in [7, 11) is -1.14. The summed E-state index contributed by atoms with van der Waals surface area (Å²) < 4.78 is 37.1. The fourth-order valence-electron chi connectivity index (χ4n) is 3.07. The number of nitrogens with zero attached hydrogens (tertiary/aromatic N) is 3. The zero-order valence-corrected chi connectivity index (χ0v) is 15.8. The third-order valence-corrected chi connectivity index (χ3v) is 6.32. The molecule has 3 rings (SSSR count). The molecule has 0 aliphatic carbocycles. The van der Waals surface area contributed by atoms with Crippen molar-refractivity contribution < 1.29 is 12.8 Å². The molecular formula is C18H23FN4O2S. The van der Waals surface area contributed by atoms with Crippen LogP contribution < -0.4 is 10.2 Å². The number of aromatic nitrogens is 2. The van der Waals surface area contributed by atoms with Crippen LogP contribution in [0.25, 0.3) is 0 Å². The van der Waals surface area contributed by atoms with Crippen LogP contribution in [0.2, 0.25) is 0 Å². The molecule has 1 unspecified atom stereocenters. The number of halogens is 1. The summed E-state index contributed by atoms with van der Waals surface area (Å²) in [5, 5.41) is 3.20. The van der Waals surface area contributed by atoms with Crippen molar-refractivity contribution in [2.45, 2.75) is 25.8 Å². The monoisotopic (exact) mass is 378 g/mol. The maximum absolute atomic E-state index is 13.7. The van der Waals surface area contributed by atoms with Crippen molar-refractivity contribution in [3.8, 4) is 0 Å². The van der Waals surface area contributed by atoms with Crippen molar-refractivity contribution in [2.24, 2.45) is 0 Å². The second kappa shape index (κ2) is 7.57. The van der Waals surface area contributed by atoms with Gasteiger partial charge in [-0.2, -0.15) is 4.98 Å². The molecule has 1 saturated heterocycles. The summed E-state index contributed by atoms with van der Waals surface area (Å²) in [4.78, 5) is 10.8. The van der Waals surface area contributed by atoms with E-state index in [0.717, 1.165) is 5.69 Å². The number of aryl methyl sites for hydroxylation is 1. The molecule has 26 heavy (non-hydrogen) atoms. The zero-order chi connectivity index (χ0) is 18.7. The maximum Gasteiger partial charge on any atom is 0.227 e. The van der Waals surface area contributed by atoms with Crippen LogP contribution in [-0.4, -0.2) is 49.5 Å². The highest BCUT2D eigenvalue weighted by Crippen LogP contribution is 2.21. The molecule has 0 bridgehead atoms. The smallest absolute Gasteiger partial charge is 0.227 e. The number of benzene rings is 1. The third kappa shape index (κ3) is 4.49. The van der Waals surface area contributed by atoms with Gasteiger partial charge in [0.25, 0.3) is 0 Å². The predicted octanol–water partition coefficient (Wildman–Crippen LogP) is 2.20. The summed E-state index contributed by atoms with van der Waals surface area (Å²) in [6, 6.07) is 8.42. The Balaban J connectivity index is 1.67. The number of hydrogen-bond donors (Lipinski definition) is 1. The van der Waals surface area contributed by atoms with Crippen molar-refractivity contribution in [3.63, 3.8) is 0 Å². The number of rotatable bonds is 6. The molecular weight excluding hydrogens is 355 g/mol. The number of nitrogens with one attached hydrogen (secondary N) is 1. The maximum atomic E-state index is 13.7. The summed E-state index contributed by atoms with van der Waals surface area (Å²) >= 11 is 0. The minimum absolute atomic E-state index is 0.104. The van der Waals surface area contributed by atoms with E-state index >= 15 is 0 Å². The van der Waals surface area contributed by atoms with Crippen LogP contribution in [0.5, 0.6) is 0 Å². The Morgan fingerprint density at radius 3 is 2.77 bits per heavy atom. The molecule has 0 amide bonds. The van der Waals surface area contributed by atoms with Gasteiger partial charge in [-0.1, -0.05) is 18.2 Å². The molecule has 2 aromatic rings. The van der Waals surface area contributed by atoms with Gasteiger partial charge in [-0.05, 0) is 31.4 Å². The Hall–Kier alpha value is -2.22. The fraction of sp³-hybridized carbons (Fsp3) is 0.444. The Labute approximate surface area is 153 Å². The highest BCUT2D eigenvalue weighted by molar-refractivity contribution is 7.91. The quantitative estimate of drug-likeness (QED) is 0.831. The molecule has 1 aromatic carbocycles. The minimum Gasteiger partial charge on any atom is -0.370 e. The molecule has 1 aliphatic heterocycles. The van der Waals surface area contributed by atoms with Crippen LogP contribution in [0.3, 0.4) is 0 Å². The third-order valence-electron chi connectivity index (χ3n) is 4.57. The van der Waals surface area contributed by atoms with E-state index < -0.39 is 9.84 Å².